The number of hydrogen-bond acceptors (Lipinski definition) is 2. The van der Waals surface area contributed by atoms with Crippen molar-refractivity contribution in [2.24, 2.45) is 0 Å². The van der Waals surface area contributed by atoms with Crippen LogP contribution in [0.5, 0.6) is 0 Å². The maximum Gasteiger partial charge on any atom is 0.195 e. The number of nitrogens with zero attached hydrogens (tertiary/aromatic N) is 2. The second-order valence-electron chi connectivity index (χ2n) is 4.24. The van der Waals surface area contributed by atoms with Gasteiger partial charge in [-0.05, 0) is 25.1 Å². The van der Waals surface area contributed by atoms with E-state index in [4.69, 9.17) is 12.2 Å². The Hall–Kier alpha value is -0.640. The third kappa shape index (κ3) is 2.05. The van der Waals surface area contributed by atoms with Gasteiger partial charge in [0.15, 0.2) is 4.77 Å². The normalized spacial score (nSPS) is 12.0. The fourth-order valence-corrected chi connectivity index (χ4v) is 1.65. The zero-order chi connectivity index (χ0) is 10.8. The molecule has 3 nitrogen and oxygen atoms in total. The second kappa shape index (κ2) is 4.26. The number of rotatable bonds is 4. The first-order valence-corrected chi connectivity index (χ1v) is 5.59. The van der Waals surface area contributed by atoms with Crippen LogP contribution < -0.4 is 0 Å². The first kappa shape index (κ1) is 11.4. The summed E-state index contributed by atoms with van der Waals surface area (Å²) in [6.07, 6.45) is 2.15. The summed E-state index contributed by atoms with van der Waals surface area (Å²) in [7, 11) is 0. The van der Waals surface area contributed by atoms with Gasteiger partial charge in [-0.3, -0.25) is 5.10 Å². The van der Waals surface area contributed by atoms with Gasteiger partial charge in [0.25, 0.3) is 0 Å². The number of hydrogen-bond donors (Lipinski definition) is 1. The Bertz CT molecular complexity index is 348. The molecule has 0 unspecified atom stereocenters. The van der Waals surface area contributed by atoms with E-state index >= 15 is 0 Å². The molecule has 0 saturated heterocycles. The van der Waals surface area contributed by atoms with E-state index in [1.807, 2.05) is 0 Å². The highest BCUT2D eigenvalue weighted by Gasteiger charge is 2.24. The lowest BCUT2D eigenvalue weighted by Crippen LogP contribution is -2.22. The molecule has 1 heterocycles. The van der Waals surface area contributed by atoms with Crippen molar-refractivity contribution in [3.8, 4) is 0 Å². The molecule has 0 fully saturated rings. The lowest BCUT2D eigenvalue weighted by molar-refractivity contribution is 0.439. The third-order valence-corrected chi connectivity index (χ3v) is 3.01. The maximum absolute atomic E-state index is 5.20. The van der Waals surface area contributed by atoms with Crippen LogP contribution in [-0.4, -0.2) is 14.8 Å². The van der Waals surface area contributed by atoms with Gasteiger partial charge in [0.05, 0.1) is 0 Å². The molecule has 0 aliphatic rings. The van der Waals surface area contributed by atoms with E-state index in [9.17, 15) is 0 Å². The van der Waals surface area contributed by atoms with Crippen LogP contribution in [0.3, 0.4) is 0 Å². The van der Waals surface area contributed by atoms with E-state index in [-0.39, 0.29) is 5.41 Å². The van der Waals surface area contributed by atoms with Gasteiger partial charge < -0.3 is 4.57 Å². The Kier molecular flexibility index (Phi) is 3.48. The molecule has 0 atom stereocenters. The van der Waals surface area contributed by atoms with Crippen LogP contribution in [0.15, 0.2) is 0 Å². The summed E-state index contributed by atoms with van der Waals surface area (Å²) in [6, 6.07) is 0. The van der Waals surface area contributed by atoms with Crippen LogP contribution in [0.4, 0.5) is 0 Å². The quantitative estimate of drug-likeness (QED) is 0.780. The van der Waals surface area contributed by atoms with Crippen LogP contribution in [0, 0.1) is 4.77 Å². The molecule has 4 heteroatoms. The Morgan fingerprint density at radius 1 is 1.43 bits per heavy atom. The molecule has 0 aliphatic heterocycles. The van der Waals surface area contributed by atoms with Gasteiger partial charge in [0.2, 0.25) is 0 Å². The minimum Gasteiger partial charge on any atom is -0.304 e. The molecule has 0 saturated carbocycles. The van der Waals surface area contributed by atoms with Crippen molar-refractivity contribution in [2.45, 2.75) is 52.5 Å². The summed E-state index contributed by atoms with van der Waals surface area (Å²) in [5, 5.41) is 7.20. The van der Waals surface area contributed by atoms with E-state index in [0.29, 0.717) is 0 Å². The Morgan fingerprint density at radius 3 is 2.57 bits per heavy atom. The van der Waals surface area contributed by atoms with Crippen molar-refractivity contribution in [2.75, 3.05) is 0 Å². The van der Waals surface area contributed by atoms with E-state index in [0.717, 1.165) is 30.0 Å². The number of aromatic amines is 1. The van der Waals surface area contributed by atoms with Crippen LogP contribution in [0.25, 0.3) is 0 Å². The number of H-pyrrole nitrogens is 1. The fourth-order valence-electron chi connectivity index (χ4n) is 1.42. The highest BCUT2D eigenvalue weighted by atomic mass is 32.1. The van der Waals surface area contributed by atoms with Gasteiger partial charge in [-0.15, -0.1) is 0 Å². The SMILES string of the molecule is CCCn1c(C(C)(C)CC)n[nH]c1=S. The van der Waals surface area contributed by atoms with Gasteiger partial charge >= 0.3 is 0 Å². The fraction of sp³-hybridized carbons (Fsp3) is 0.800. The molecule has 1 rings (SSSR count). The summed E-state index contributed by atoms with van der Waals surface area (Å²) in [6.45, 7) is 9.67. The van der Waals surface area contributed by atoms with Crippen LogP contribution in [0.2, 0.25) is 0 Å². The second-order valence-corrected chi connectivity index (χ2v) is 4.63. The monoisotopic (exact) mass is 213 g/mol. The Morgan fingerprint density at radius 2 is 2.07 bits per heavy atom. The predicted octanol–water partition coefficient (Wildman–Crippen LogP) is 3.04. The molecular weight excluding hydrogens is 194 g/mol. The molecule has 0 aliphatic carbocycles. The Balaban J connectivity index is 3.15. The molecule has 80 valence electrons. The molecule has 0 radical (unpaired) electrons. The van der Waals surface area contributed by atoms with Crippen molar-refractivity contribution in [3.05, 3.63) is 10.6 Å². The van der Waals surface area contributed by atoms with Gasteiger partial charge in [0.1, 0.15) is 5.82 Å². The van der Waals surface area contributed by atoms with Crippen LogP contribution in [-0.2, 0) is 12.0 Å². The zero-order valence-electron chi connectivity index (χ0n) is 9.42. The number of nitrogens with one attached hydrogen (secondary N) is 1. The van der Waals surface area contributed by atoms with E-state index < -0.39 is 0 Å². The first-order valence-electron chi connectivity index (χ1n) is 5.18. The van der Waals surface area contributed by atoms with E-state index in [1.165, 1.54) is 0 Å². The summed E-state index contributed by atoms with van der Waals surface area (Å²) < 4.78 is 2.85. The molecule has 1 aromatic rings. The lowest BCUT2D eigenvalue weighted by atomic mass is 9.89. The topological polar surface area (TPSA) is 33.6 Å². The van der Waals surface area contributed by atoms with Crippen molar-refractivity contribution in [1.29, 1.82) is 0 Å². The van der Waals surface area contributed by atoms with Crippen LogP contribution >= 0.6 is 12.2 Å². The minimum absolute atomic E-state index is 0.0999. The highest BCUT2D eigenvalue weighted by Crippen LogP contribution is 2.24. The largest absolute Gasteiger partial charge is 0.304 e. The molecule has 14 heavy (non-hydrogen) atoms. The molecule has 0 amide bonds. The molecule has 1 aromatic heterocycles. The average molecular weight is 213 g/mol. The highest BCUT2D eigenvalue weighted by molar-refractivity contribution is 7.71. The average Bonchev–Trinajstić information content (AvgIpc) is 2.50. The molecule has 0 bridgehead atoms. The van der Waals surface area contributed by atoms with Crippen molar-refractivity contribution >= 4 is 12.2 Å². The first-order chi connectivity index (χ1) is 6.53. The van der Waals surface area contributed by atoms with Crippen molar-refractivity contribution in [3.63, 3.8) is 0 Å². The standard InChI is InChI=1S/C10H19N3S/c1-5-7-13-8(10(3,4)6-2)11-12-9(13)14/h5-7H2,1-4H3,(H,12,14). The lowest BCUT2D eigenvalue weighted by Gasteiger charge is -2.22. The van der Waals surface area contributed by atoms with Gasteiger partial charge in [-0.25, -0.2) is 0 Å². The molecule has 1 N–H and O–H groups in total. The smallest absolute Gasteiger partial charge is 0.195 e. The zero-order valence-corrected chi connectivity index (χ0v) is 10.2. The molecule has 0 spiro atoms. The maximum atomic E-state index is 5.20. The van der Waals surface area contributed by atoms with Crippen molar-refractivity contribution < 1.29 is 0 Å². The summed E-state index contributed by atoms with van der Waals surface area (Å²) >= 11 is 5.20. The molecule has 0 aromatic carbocycles. The van der Waals surface area contributed by atoms with E-state index in [2.05, 4.69) is 42.5 Å². The Labute approximate surface area is 90.5 Å². The predicted molar refractivity (Wildman–Crippen MR) is 61.0 cm³/mol. The summed E-state index contributed by atoms with van der Waals surface area (Å²) in [5.74, 6) is 1.08. The molecular formula is C10H19N3S. The summed E-state index contributed by atoms with van der Waals surface area (Å²) in [4.78, 5) is 0. The minimum atomic E-state index is 0.0999. The van der Waals surface area contributed by atoms with Gasteiger partial charge in [0, 0.05) is 12.0 Å². The van der Waals surface area contributed by atoms with Gasteiger partial charge in [-0.1, -0.05) is 27.7 Å². The summed E-state index contributed by atoms with van der Waals surface area (Å²) in [5.41, 5.74) is 0.0999. The van der Waals surface area contributed by atoms with Gasteiger partial charge in [-0.2, -0.15) is 5.10 Å². The van der Waals surface area contributed by atoms with E-state index in [1.54, 1.807) is 0 Å². The number of aromatic nitrogens is 3. The third-order valence-electron chi connectivity index (χ3n) is 2.69. The van der Waals surface area contributed by atoms with Crippen LogP contribution in [0.1, 0.15) is 46.4 Å². The van der Waals surface area contributed by atoms with Crippen molar-refractivity contribution in [1.82, 2.24) is 14.8 Å².